The van der Waals surface area contributed by atoms with Gasteiger partial charge in [0.05, 0.1) is 34.8 Å². The average Bonchev–Trinajstić information content (AvgIpc) is 3.30. The number of carbonyl (C=O) groups excluding carboxylic acids is 2. The number of esters is 1. The molecule has 2 aromatic carbocycles. The number of thiazole rings is 1. The maximum absolute atomic E-state index is 13.1. The molecule has 2 atom stereocenters. The van der Waals surface area contributed by atoms with Gasteiger partial charge >= 0.3 is 5.97 Å². The highest BCUT2D eigenvalue weighted by Gasteiger charge is 2.32. The van der Waals surface area contributed by atoms with E-state index in [1.807, 2.05) is 45.0 Å². The van der Waals surface area contributed by atoms with Crippen LogP contribution in [0.2, 0.25) is 0 Å². The first kappa shape index (κ1) is 26.9. The number of benzene rings is 2. The van der Waals surface area contributed by atoms with Crippen LogP contribution in [0.4, 0.5) is 5.69 Å². The number of aromatic nitrogens is 1. The predicted molar refractivity (Wildman–Crippen MR) is 140 cm³/mol. The second-order valence-corrected chi connectivity index (χ2v) is 11.8. The largest absolute Gasteiger partial charge is 0.456 e. The summed E-state index contributed by atoms with van der Waals surface area (Å²) in [7, 11) is -3.79. The highest BCUT2D eigenvalue weighted by molar-refractivity contribution is 7.89. The van der Waals surface area contributed by atoms with Crippen LogP contribution in [0.3, 0.4) is 0 Å². The van der Waals surface area contributed by atoms with Crippen molar-refractivity contribution in [1.82, 2.24) is 9.29 Å². The zero-order chi connectivity index (χ0) is 26.6. The van der Waals surface area contributed by atoms with E-state index in [1.165, 1.54) is 39.9 Å². The van der Waals surface area contributed by atoms with Gasteiger partial charge in [0.15, 0.2) is 0 Å². The van der Waals surface area contributed by atoms with E-state index in [2.05, 4.69) is 10.3 Å². The zero-order valence-electron chi connectivity index (χ0n) is 20.8. The van der Waals surface area contributed by atoms with Crippen LogP contribution in [0.15, 0.2) is 58.8 Å². The van der Waals surface area contributed by atoms with Gasteiger partial charge < -0.3 is 14.8 Å². The molecule has 1 aliphatic heterocycles. The maximum Gasteiger partial charge on any atom is 0.338 e. The van der Waals surface area contributed by atoms with Gasteiger partial charge in [0.25, 0.3) is 0 Å². The standard InChI is InChI=1S/C26H29N3O6S2/c1-17-7-4-5-10-23(17)28-24(30)12-25-27-21(16-36-25)15-34-26(31)20-8-6-9-22(11-20)37(32,33)29-13-18(2)35-19(3)14-29/h4-11,16,18-19H,12-15H2,1-3H3,(H,28,30)/t18-,19+. The van der Waals surface area contributed by atoms with Gasteiger partial charge in [0, 0.05) is 24.2 Å². The lowest BCUT2D eigenvalue weighted by Gasteiger charge is -2.34. The van der Waals surface area contributed by atoms with Crippen molar-refractivity contribution in [3.8, 4) is 0 Å². The number of nitrogens with one attached hydrogen (secondary N) is 1. The minimum atomic E-state index is -3.79. The van der Waals surface area contributed by atoms with Crippen molar-refractivity contribution in [1.29, 1.82) is 0 Å². The molecule has 196 valence electrons. The second kappa shape index (κ2) is 11.5. The molecule has 2 heterocycles. The monoisotopic (exact) mass is 543 g/mol. The lowest BCUT2D eigenvalue weighted by Crippen LogP contribution is -2.48. The van der Waals surface area contributed by atoms with Crippen LogP contribution in [0.1, 0.15) is 40.5 Å². The number of rotatable bonds is 8. The number of ether oxygens (including phenoxy) is 2. The van der Waals surface area contributed by atoms with E-state index in [0.29, 0.717) is 10.7 Å². The van der Waals surface area contributed by atoms with E-state index in [0.717, 1.165) is 11.3 Å². The minimum Gasteiger partial charge on any atom is -0.456 e. The molecule has 1 aromatic heterocycles. The van der Waals surface area contributed by atoms with Crippen LogP contribution in [0, 0.1) is 6.92 Å². The Morgan fingerprint density at radius 1 is 1.14 bits per heavy atom. The average molecular weight is 544 g/mol. The van der Waals surface area contributed by atoms with Crippen molar-refractivity contribution in [3.05, 3.63) is 75.7 Å². The molecule has 0 unspecified atom stereocenters. The fourth-order valence-corrected chi connectivity index (χ4v) is 6.44. The summed E-state index contributed by atoms with van der Waals surface area (Å²) in [5.41, 5.74) is 2.36. The molecule has 1 fully saturated rings. The van der Waals surface area contributed by atoms with E-state index in [1.54, 1.807) is 5.38 Å². The normalized spacial score (nSPS) is 18.4. The lowest BCUT2D eigenvalue weighted by molar-refractivity contribution is -0.115. The molecule has 1 amide bonds. The summed E-state index contributed by atoms with van der Waals surface area (Å²) >= 11 is 1.30. The van der Waals surface area contributed by atoms with Crippen LogP contribution < -0.4 is 5.32 Å². The number of morpholine rings is 1. The van der Waals surface area contributed by atoms with Gasteiger partial charge in [-0.3, -0.25) is 4.79 Å². The van der Waals surface area contributed by atoms with E-state index in [4.69, 9.17) is 9.47 Å². The molecule has 1 aliphatic rings. The summed E-state index contributed by atoms with van der Waals surface area (Å²) in [6.45, 7) is 5.97. The number of nitrogens with zero attached hydrogens (tertiary/aromatic N) is 2. The minimum absolute atomic E-state index is 0.0267. The molecule has 4 rings (SSSR count). The molecule has 1 N–H and O–H groups in total. The lowest BCUT2D eigenvalue weighted by atomic mass is 10.2. The summed E-state index contributed by atoms with van der Waals surface area (Å²) in [6.07, 6.45) is -0.336. The van der Waals surface area contributed by atoms with Gasteiger partial charge in [-0.2, -0.15) is 4.31 Å². The van der Waals surface area contributed by atoms with Gasteiger partial charge in [-0.15, -0.1) is 11.3 Å². The van der Waals surface area contributed by atoms with Crippen molar-refractivity contribution in [2.24, 2.45) is 0 Å². The molecule has 3 aromatic rings. The Labute approximate surface area is 220 Å². The van der Waals surface area contributed by atoms with E-state index < -0.39 is 16.0 Å². The SMILES string of the molecule is Cc1ccccc1NC(=O)Cc1nc(COC(=O)c2cccc(S(=O)(=O)N3C[C@@H](C)O[C@@H](C)C3)c2)cs1. The van der Waals surface area contributed by atoms with Crippen LogP contribution in [0.25, 0.3) is 0 Å². The van der Waals surface area contributed by atoms with Gasteiger partial charge in [-0.1, -0.05) is 24.3 Å². The first-order valence-electron chi connectivity index (χ1n) is 11.8. The Bertz CT molecular complexity index is 1380. The Balaban J connectivity index is 1.35. The number of aryl methyl sites for hydroxylation is 1. The fourth-order valence-electron chi connectivity index (χ4n) is 4.02. The second-order valence-electron chi connectivity index (χ2n) is 8.96. The number of hydrogen-bond donors (Lipinski definition) is 1. The number of amides is 1. The third kappa shape index (κ3) is 6.80. The van der Waals surface area contributed by atoms with E-state index in [9.17, 15) is 18.0 Å². The van der Waals surface area contributed by atoms with Crippen LogP contribution in [-0.4, -0.2) is 54.9 Å². The summed E-state index contributed by atoms with van der Waals surface area (Å²) in [6, 6.07) is 13.3. The molecule has 0 saturated carbocycles. The quantitative estimate of drug-likeness (QED) is 0.430. The molecule has 0 radical (unpaired) electrons. The predicted octanol–water partition coefficient (Wildman–Crippen LogP) is 3.79. The van der Waals surface area contributed by atoms with Crippen molar-refractivity contribution in [2.45, 2.75) is 50.9 Å². The van der Waals surface area contributed by atoms with Crippen molar-refractivity contribution in [2.75, 3.05) is 18.4 Å². The molecule has 9 nitrogen and oxygen atoms in total. The molecule has 1 saturated heterocycles. The van der Waals surface area contributed by atoms with Crippen LogP contribution in [0.5, 0.6) is 0 Å². The fraction of sp³-hybridized carbons (Fsp3) is 0.346. The number of carbonyl (C=O) groups is 2. The van der Waals surface area contributed by atoms with Crippen molar-refractivity contribution >= 4 is 38.9 Å². The summed E-state index contributed by atoms with van der Waals surface area (Å²) in [4.78, 5) is 29.4. The number of anilines is 1. The number of hydrogen-bond acceptors (Lipinski definition) is 8. The van der Waals surface area contributed by atoms with Crippen LogP contribution in [-0.2, 0) is 37.3 Å². The third-order valence-corrected chi connectivity index (χ3v) is 8.50. The Morgan fingerprint density at radius 3 is 2.59 bits per heavy atom. The topological polar surface area (TPSA) is 115 Å². The molecule has 11 heteroatoms. The van der Waals surface area contributed by atoms with Crippen LogP contribution >= 0.6 is 11.3 Å². The summed E-state index contributed by atoms with van der Waals surface area (Å²) < 4.78 is 38.6. The highest BCUT2D eigenvalue weighted by Crippen LogP contribution is 2.23. The van der Waals surface area contributed by atoms with E-state index >= 15 is 0 Å². The van der Waals surface area contributed by atoms with Gasteiger partial charge in [-0.25, -0.2) is 18.2 Å². The van der Waals surface area contributed by atoms with Crippen molar-refractivity contribution < 1.29 is 27.5 Å². The molecular formula is C26H29N3O6S2. The number of para-hydroxylation sites is 1. The zero-order valence-corrected chi connectivity index (χ0v) is 22.5. The maximum atomic E-state index is 13.1. The number of sulfonamides is 1. The molecular weight excluding hydrogens is 514 g/mol. The van der Waals surface area contributed by atoms with E-state index in [-0.39, 0.29) is 54.7 Å². The summed E-state index contributed by atoms with van der Waals surface area (Å²) in [5.74, 6) is -0.845. The van der Waals surface area contributed by atoms with Gasteiger partial charge in [0.1, 0.15) is 11.6 Å². The highest BCUT2D eigenvalue weighted by atomic mass is 32.2. The Kier molecular flexibility index (Phi) is 8.38. The smallest absolute Gasteiger partial charge is 0.338 e. The molecule has 0 aliphatic carbocycles. The summed E-state index contributed by atoms with van der Waals surface area (Å²) in [5, 5.41) is 5.19. The molecule has 37 heavy (non-hydrogen) atoms. The van der Waals surface area contributed by atoms with Gasteiger partial charge in [0.2, 0.25) is 15.9 Å². The Morgan fingerprint density at radius 2 is 1.86 bits per heavy atom. The molecule has 0 spiro atoms. The molecule has 0 bridgehead atoms. The van der Waals surface area contributed by atoms with Crippen molar-refractivity contribution in [3.63, 3.8) is 0 Å². The first-order chi connectivity index (χ1) is 17.6. The Hall–Kier alpha value is -3.12. The van der Waals surface area contributed by atoms with Gasteiger partial charge in [-0.05, 0) is 50.6 Å². The third-order valence-electron chi connectivity index (χ3n) is 5.78. The first-order valence-corrected chi connectivity index (χ1v) is 14.2.